The Labute approximate surface area is 154 Å². The van der Waals surface area contributed by atoms with Crippen molar-refractivity contribution in [3.63, 3.8) is 0 Å². The molecule has 26 heavy (non-hydrogen) atoms. The molecule has 3 rings (SSSR count). The van der Waals surface area contributed by atoms with Crippen molar-refractivity contribution in [3.8, 4) is 5.75 Å². The van der Waals surface area contributed by atoms with E-state index in [-0.39, 0.29) is 0 Å². The molecule has 1 fully saturated rings. The number of ether oxygens (including phenoxy) is 1. The van der Waals surface area contributed by atoms with E-state index in [1.165, 1.54) is 0 Å². The average molecular weight is 354 g/mol. The number of hydrogen-bond acceptors (Lipinski definition) is 4. The lowest BCUT2D eigenvalue weighted by atomic mass is 9.79. The van der Waals surface area contributed by atoms with Gasteiger partial charge in [0, 0.05) is 5.56 Å². The third kappa shape index (κ3) is 3.62. The van der Waals surface area contributed by atoms with Gasteiger partial charge < -0.3 is 19.2 Å². The Balaban J connectivity index is 1.75. The van der Waals surface area contributed by atoms with Crippen LogP contribution in [0.2, 0.25) is 0 Å². The van der Waals surface area contributed by atoms with Gasteiger partial charge in [-0.05, 0) is 45.3 Å². The molecule has 0 amide bonds. The van der Waals surface area contributed by atoms with Crippen molar-refractivity contribution in [1.29, 1.82) is 0 Å². The van der Waals surface area contributed by atoms with Crippen LogP contribution in [0.4, 0.5) is 0 Å². The lowest BCUT2D eigenvalue weighted by Gasteiger charge is -2.32. The van der Waals surface area contributed by atoms with Crippen LogP contribution in [-0.4, -0.2) is 29.4 Å². The Kier molecular flexibility index (Phi) is 4.82. The van der Waals surface area contributed by atoms with E-state index in [0.717, 1.165) is 5.46 Å². The highest BCUT2D eigenvalue weighted by atomic mass is 16.7. The van der Waals surface area contributed by atoms with E-state index in [1.54, 1.807) is 36.4 Å². The van der Waals surface area contributed by atoms with Gasteiger partial charge in [0.25, 0.3) is 0 Å². The molecule has 1 N–H and O–H groups in total. The monoisotopic (exact) mass is 354 g/mol. The fourth-order valence-electron chi connectivity index (χ4n) is 2.71. The Hall–Kier alpha value is -2.31. The van der Waals surface area contributed by atoms with E-state index in [1.807, 2.05) is 45.9 Å². The van der Waals surface area contributed by atoms with Gasteiger partial charge in [-0.1, -0.05) is 42.5 Å². The fourth-order valence-corrected chi connectivity index (χ4v) is 2.71. The molecule has 1 aliphatic heterocycles. The fraction of sp³-hybridized carbons (Fsp3) is 0.350. The minimum Gasteiger partial charge on any atom is -0.478 e. The number of carboxylic acid groups (broad SMARTS) is 1. The Morgan fingerprint density at radius 2 is 1.50 bits per heavy atom. The van der Waals surface area contributed by atoms with Gasteiger partial charge in [0.1, 0.15) is 5.75 Å². The summed E-state index contributed by atoms with van der Waals surface area (Å²) in [6.45, 7) is 8.01. The summed E-state index contributed by atoms with van der Waals surface area (Å²) in [4.78, 5) is 11.6. The van der Waals surface area contributed by atoms with E-state index in [9.17, 15) is 9.90 Å². The molecular formula is C20H23BO5. The van der Waals surface area contributed by atoms with Crippen molar-refractivity contribution in [2.24, 2.45) is 0 Å². The molecule has 1 saturated heterocycles. The molecule has 5 nitrogen and oxygen atoms in total. The van der Waals surface area contributed by atoms with Crippen molar-refractivity contribution in [2.75, 3.05) is 0 Å². The summed E-state index contributed by atoms with van der Waals surface area (Å²) < 4.78 is 17.7. The molecule has 6 heteroatoms. The Morgan fingerprint density at radius 3 is 2.00 bits per heavy atom. The van der Waals surface area contributed by atoms with E-state index in [4.69, 9.17) is 14.0 Å². The quantitative estimate of drug-likeness (QED) is 0.836. The van der Waals surface area contributed by atoms with Crippen LogP contribution < -0.4 is 10.2 Å². The van der Waals surface area contributed by atoms with Crippen LogP contribution >= 0.6 is 0 Å². The predicted molar refractivity (Wildman–Crippen MR) is 99.6 cm³/mol. The molecule has 1 heterocycles. The smallest absolute Gasteiger partial charge is 0.478 e. The normalized spacial score (nSPS) is 19.2. The molecule has 0 aliphatic carbocycles. The minimum atomic E-state index is -1.06. The summed E-state index contributed by atoms with van der Waals surface area (Å²) in [5.74, 6) is -0.562. The van der Waals surface area contributed by atoms with Crippen molar-refractivity contribution >= 4 is 18.6 Å². The molecule has 1 unspecified atom stereocenters. The molecule has 2 aromatic rings. The van der Waals surface area contributed by atoms with Gasteiger partial charge in [-0.3, -0.25) is 0 Å². The van der Waals surface area contributed by atoms with E-state index in [2.05, 4.69) is 0 Å². The maximum atomic E-state index is 11.6. The van der Waals surface area contributed by atoms with Gasteiger partial charge in [-0.2, -0.15) is 0 Å². The van der Waals surface area contributed by atoms with Crippen LogP contribution in [0.5, 0.6) is 5.75 Å². The second-order valence-corrected chi connectivity index (χ2v) is 7.40. The van der Waals surface area contributed by atoms with Crippen LogP contribution in [0.15, 0.2) is 54.6 Å². The minimum absolute atomic E-state index is 0.408. The van der Waals surface area contributed by atoms with Crippen LogP contribution in [0.1, 0.15) is 39.4 Å². The first kappa shape index (κ1) is 18.5. The van der Waals surface area contributed by atoms with Gasteiger partial charge in [-0.15, -0.1) is 0 Å². The van der Waals surface area contributed by atoms with Gasteiger partial charge >= 0.3 is 13.1 Å². The molecule has 0 bridgehead atoms. The summed E-state index contributed by atoms with van der Waals surface area (Å²) in [6.07, 6.45) is -1.06. The molecular weight excluding hydrogens is 331 g/mol. The number of benzene rings is 2. The van der Waals surface area contributed by atoms with Gasteiger partial charge in [0.2, 0.25) is 6.10 Å². The number of rotatable bonds is 5. The highest BCUT2D eigenvalue weighted by molar-refractivity contribution is 6.62. The molecule has 0 spiro atoms. The number of hydrogen-bond donors (Lipinski definition) is 1. The van der Waals surface area contributed by atoms with Crippen molar-refractivity contribution in [1.82, 2.24) is 0 Å². The molecule has 136 valence electrons. The zero-order valence-electron chi connectivity index (χ0n) is 15.4. The van der Waals surface area contributed by atoms with Crippen LogP contribution in [-0.2, 0) is 14.1 Å². The summed E-state index contributed by atoms with van der Waals surface area (Å²) in [7, 11) is -0.460. The average Bonchev–Trinajstić information content (AvgIpc) is 2.81. The van der Waals surface area contributed by atoms with Crippen LogP contribution in [0, 0.1) is 0 Å². The number of carboxylic acids is 1. The summed E-state index contributed by atoms with van der Waals surface area (Å²) >= 11 is 0. The Morgan fingerprint density at radius 1 is 0.962 bits per heavy atom. The van der Waals surface area contributed by atoms with Crippen LogP contribution in [0.25, 0.3) is 0 Å². The largest absolute Gasteiger partial charge is 0.494 e. The first-order chi connectivity index (χ1) is 12.2. The second-order valence-electron chi connectivity index (χ2n) is 7.40. The molecule has 0 radical (unpaired) electrons. The maximum absolute atomic E-state index is 11.6. The SMILES string of the molecule is CC1(C)OB(c2ccc(OC(C(=O)O)c3ccccc3)cc2)OC1(C)C. The first-order valence-corrected chi connectivity index (χ1v) is 8.60. The molecule has 1 atom stereocenters. The van der Waals surface area contributed by atoms with Crippen LogP contribution in [0.3, 0.4) is 0 Å². The predicted octanol–water partition coefficient (Wildman–Crippen LogP) is 3.19. The van der Waals surface area contributed by atoms with Crippen molar-refractivity contribution in [3.05, 3.63) is 60.2 Å². The maximum Gasteiger partial charge on any atom is 0.494 e. The zero-order valence-corrected chi connectivity index (χ0v) is 15.4. The lowest BCUT2D eigenvalue weighted by Crippen LogP contribution is -2.41. The first-order valence-electron chi connectivity index (χ1n) is 8.60. The third-order valence-electron chi connectivity index (χ3n) is 4.99. The molecule has 0 aromatic heterocycles. The summed E-state index contributed by atoms with van der Waals surface area (Å²) in [5, 5.41) is 9.47. The molecule has 0 saturated carbocycles. The molecule has 2 aromatic carbocycles. The van der Waals surface area contributed by atoms with Crippen molar-refractivity contribution < 1.29 is 23.9 Å². The summed E-state index contributed by atoms with van der Waals surface area (Å²) in [6, 6.07) is 16.0. The molecule has 1 aliphatic rings. The summed E-state index contributed by atoms with van der Waals surface area (Å²) in [5.41, 5.74) is 0.640. The van der Waals surface area contributed by atoms with Gasteiger partial charge in [0.05, 0.1) is 11.2 Å². The van der Waals surface area contributed by atoms with Gasteiger partial charge in [0.15, 0.2) is 0 Å². The van der Waals surface area contributed by atoms with Crippen molar-refractivity contribution in [2.45, 2.75) is 45.0 Å². The lowest BCUT2D eigenvalue weighted by molar-refractivity contribution is -0.145. The standard InChI is InChI=1S/C20H23BO5/c1-19(2)20(3,4)26-21(25-19)15-10-12-16(13-11-15)24-17(18(22)23)14-8-6-5-7-9-14/h5-13,17H,1-4H3,(H,22,23). The third-order valence-corrected chi connectivity index (χ3v) is 4.99. The number of carbonyl (C=O) groups is 1. The van der Waals surface area contributed by atoms with Gasteiger partial charge in [-0.25, -0.2) is 4.79 Å². The zero-order chi connectivity index (χ0) is 18.9. The topological polar surface area (TPSA) is 65.0 Å². The highest BCUT2D eigenvalue weighted by Crippen LogP contribution is 2.36. The highest BCUT2D eigenvalue weighted by Gasteiger charge is 2.51. The van der Waals surface area contributed by atoms with E-state index < -0.39 is 30.4 Å². The second kappa shape index (κ2) is 6.78. The van der Waals surface area contributed by atoms with E-state index >= 15 is 0 Å². The van der Waals surface area contributed by atoms with E-state index in [0.29, 0.717) is 11.3 Å². The number of aliphatic carboxylic acids is 1. The Bertz CT molecular complexity index is 755.